The lowest BCUT2D eigenvalue weighted by molar-refractivity contribution is 0.137. The van der Waals surface area contributed by atoms with E-state index in [4.69, 9.17) is 15.0 Å². The summed E-state index contributed by atoms with van der Waals surface area (Å²) in [5.74, 6) is 0.594. The normalized spacial score (nSPS) is 11.6. The first-order valence-corrected chi connectivity index (χ1v) is 9.59. The molecule has 0 aromatic heterocycles. The molecule has 0 saturated carbocycles. The van der Waals surface area contributed by atoms with Gasteiger partial charge in [-0.2, -0.15) is 0 Å². The number of hydrogen-bond donors (Lipinski definition) is 2. The van der Waals surface area contributed by atoms with Gasteiger partial charge in [-0.15, -0.1) is 0 Å². The fourth-order valence-corrected chi connectivity index (χ4v) is 3.27. The van der Waals surface area contributed by atoms with Crippen LogP contribution in [0.2, 0.25) is 0 Å². The van der Waals surface area contributed by atoms with E-state index in [2.05, 4.69) is 81.4 Å². The van der Waals surface area contributed by atoms with Crippen LogP contribution in [0.5, 0.6) is 0 Å². The minimum Gasteiger partial charge on any atom is -0.450 e. The molecule has 0 amide bonds. The molecule has 2 rings (SSSR count). The van der Waals surface area contributed by atoms with E-state index in [1.807, 2.05) is 0 Å². The average Bonchev–Trinajstić information content (AvgIpc) is 2.64. The number of aryl methyl sites for hydroxylation is 2. The van der Waals surface area contributed by atoms with Gasteiger partial charge in [0.25, 0.3) is 0 Å². The van der Waals surface area contributed by atoms with Gasteiger partial charge in [0, 0.05) is 0 Å². The Morgan fingerprint density at radius 3 is 2.07 bits per heavy atom. The lowest BCUT2D eigenvalue weighted by Crippen LogP contribution is -2.17. The number of benzene rings is 2. The zero-order chi connectivity index (χ0) is 20.2. The molecular weight excluding hydrogens is 338 g/mol. The Hall–Kier alpha value is -2.33. The van der Waals surface area contributed by atoms with E-state index >= 15 is 0 Å². The van der Waals surface area contributed by atoms with Crippen molar-refractivity contribution in [1.29, 1.82) is 0 Å². The van der Waals surface area contributed by atoms with Gasteiger partial charge in [0.1, 0.15) is 0 Å². The van der Waals surface area contributed by atoms with E-state index < -0.39 is 6.16 Å². The third kappa shape index (κ3) is 8.74. The van der Waals surface area contributed by atoms with Crippen molar-refractivity contribution in [3.8, 4) is 0 Å². The fraction of sp³-hybridized carbons (Fsp3) is 0.435. The SMILES string of the molecule is CCc1ccc(C(CCN(C)C)Cc2ccccc2)cc1CC.O=C(O)O. The van der Waals surface area contributed by atoms with Crippen LogP contribution in [0.4, 0.5) is 4.79 Å². The smallest absolute Gasteiger partial charge is 0.450 e. The molecule has 0 saturated heterocycles. The maximum atomic E-state index is 8.56. The highest BCUT2D eigenvalue weighted by molar-refractivity contribution is 5.53. The van der Waals surface area contributed by atoms with Crippen LogP contribution in [-0.2, 0) is 19.3 Å². The molecule has 148 valence electrons. The predicted octanol–water partition coefficient (Wildman–Crippen LogP) is 5.31. The summed E-state index contributed by atoms with van der Waals surface area (Å²) >= 11 is 0. The molecule has 0 radical (unpaired) electrons. The Balaban J connectivity index is 0.000000828. The number of carbonyl (C=O) groups is 1. The van der Waals surface area contributed by atoms with Crippen molar-refractivity contribution in [1.82, 2.24) is 4.90 Å². The molecule has 1 atom stereocenters. The summed E-state index contributed by atoms with van der Waals surface area (Å²) in [6.07, 6.45) is 2.76. The van der Waals surface area contributed by atoms with Gasteiger partial charge >= 0.3 is 6.16 Å². The van der Waals surface area contributed by atoms with E-state index in [1.165, 1.54) is 28.7 Å². The molecule has 2 aromatic rings. The van der Waals surface area contributed by atoms with Crippen LogP contribution in [0.3, 0.4) is 0 Å². The Bertz CT molecular complexity index is 679. The maximum Gasteiger partial charge on any atom is 0.503 e. The van der Waals surface area contributed by atoms with Crippen molar-refractivity contribution >= 4 is 6.16 Å². The third-order valence-electron chi connectivity index (χ3n) is 4.71. The van der Waals surface area contributed by atoms with Crippen LogP contribution in [0.15, 0.2) is 48.5 Å². The highest BCUT2D eigenvalue weighted by Gasteiger charge is 2.14. The summed E-state index contributed by atoms with van der Waals surface area (Å²) in [5.41, 5.74) is 5.97. The van der Waals surface area contributed by atoms with Crippen LogP contribution in [0.25, 0.3) is 0 Å². The molecule has 0 aliphatic rings. The average molecular weight is 372 g/mol. The van der Waals surface area contributed by atoms with Gasteiger partial charge in [-0.3, -0.25) is 0 Å². The van der Waals surface area contributed by atoms with E-state index in [0.717, 1.165) is 25.8 Å². The van der Waals surface area contributed by atoms with Gasteiger partial charge in [-0.05, 0) is 74.5 Å². The molecule has 4 heteroatoms. The highest BCUT2D eigenvalue weighted by atomic mass is 16.6. The molecule has 0 heterocycles. The van der Waals surface area contributed by atoms with Gasteiger partial charge in [0.05, 0.1) is 0 Å². The van der Waals surface area contributed by atoms with E-state index in [9.17, 15) is 0 Å². The van der Waals surface area contributed by atoms with E-state index in [0.29, 0.717) is 5.92 Å². The molecule has 0 aliphatic carbocycles. The second-order valence-corrected chi connectivity index (χ2v) is 7.00. The van der Waals surface area contributed by atoms with Crippen LogP contribution < -0.4 is 0 Å². The summed E-state index contributed by atoms with van der Waals surface area (Å²) < 4.78 is 0. The van der Waals surface area contributed by atoms with Crippen molar-refractivity contribution < 1.29 is 15.0 Å². The Labute approximate surface area is 163 Å². The van der Waals surface area contributed by atoms with Gasteiger partial charge < -0.3 is 15.1 Å². The van der Waals surface area contributed by atoms with Crippen LogP contribution in [0, 0.1) is 0 Å². The van der Waals surface area contributed by atoms with E-state index in [1.54, 1.807) is 0 Å². The van der Waals surface area contributed by atoms with Crippen LogP contribution in [-0.4, -0.2) is 41.9 Å². The molecule has 2 aromatic carbocycles. The monoisotopic (exact) mass is 371 g/mol. The third-order valence-corrected chi connectivity index (χ3v) is 4.71. The number of rotatable bonds is 8. The van der Waals surface area contributed by atoms with E-state index in [-0.39, 0.29) is 0 Å². The van der Waals surface area contributed by atoms with Gasteiger partial charge in [-0.25, -0.2) is 4.79 Å². The van der Waals surface area contributed by atoms with Crippen molar-refractivity contribution in [2.75, 3.05) is 20.6 Å². The number of nitrogens with zero attached hydrogens (tertiary/aromatic N) is 1. The first-order chi connectivity index (χ1) is 12.9. The topological polar surface area (TPSA) is 60.8 Å². The Morgan fingerprint density at radius 1 is 0.963 bits per heavy atom. The number of carboxylic acid groups (broad SMARTS) is 2. The lowest BCUT2D eigenvalue weighted by atomic mass is 9.86. The quantitative estimate of drug-likeness (QED) is 0.660. The number of hydrogen-bond acceptors (Lipinski definition) is 2. The summed E-state index contributed by atoms with van der Waals surface area (Å²) in [5, 5.41) is 13.9. The van der Waals surface area contributed by atoms with Crippen LogP contribution >= 0.6 is 0 Å². The molecule has 0 fully saturated rings. The van der Waals surface area contributed by atoms with Crippen molar-refractivity contribution in [3.63, 3.8) is 0 Å². The minimum atomic E-state index is -1.83. The first-order valence-electron chi connectivity index (χ1n) is 9.59. The summed E-state index contributed by atoms with van der Waals surface area (Å²) in [7, 11) is 4.33. The highest BCUT2D eigenvalue weighted by Crippen LogP contribution is 2.27. The molecule has 1 unspecified atom stereocenters. The molecule has 27 heavy (non-hydrogen) atoms. The summed E-state index contributed by atoms with van der Waals surface area (Å²) in [6.45, 7) is 5.65. The Morgan fingerprint density at radius 2 is 1.56 bits per heavy atom. The summed E-state index contributed by atoms with van der Waals surface area (Å²) in [6, 6.07) is 18.1. The molecule has 0 spiro atoms. The molecule has 4 nitrogen and oxygen atoms in total. The first kappa shape index (κ1) is 22.7. The molecule has 2 N–H and O–H groups in total. The van der Waals surface area contributed by atoms with Gasteiger partial charge in [0.15, 0.2) is 0 Å². The standard InChI is InChI=1S/C22H31N.CH2O3/c1-5-19-12-13-21(17-20(19)6-2)22(14-15-23(3)4)16-18-10-8-7-9-11-18;2-1(3)4/h7-13,17,22H,5-6,14-16H2,1-4H3;(H2,2,3,4). The Kier molecular flexibility index (Phi) is 10.2. The largest absolute Gasteiger partial charge is 0.503 e. The molecular formula is C23H33NO3. The zero-order valence-electron chi connectivity index (χ0n) is 17.0. The van der Waals surface area contributed by atoms with Gasteiger partial charge in [0.2, 0.25) is 0 Å². The maximum absolute atomic E-state index is 8.56. The zero-order valence-corrected chi connectivity index (χ0v) is 17.0. The molecule has 0 bridgehead atoms. The van der Waals surface area contributed by atoms with Crippen molar-refractivity contribution in [3.05, 3.63) is 70.8 Å². The fourth-order valence-electron chi connectivity index (χ4n) is 3.27. The second kappa shape index (κ2) is 12.1. The molecule has 0 aliphatic heterocycles. The van der Waals surface area contributed by atoms with Gasteiger partial charge in [-0.1, -0.05) is 62.4 Å². The lowest BCUT2D eigenvalue weighted by Gasteiger charge is -2.21. The minimum absolute atomic E-state index is 0.594. The predicted molar refractivity (Wildman–Crippen MR) is 112 cm³/mol. The van der Waals surface area contributed by atoms with Crippen molar-refractivity contribution in [2.45, 2.75) is 45.4 Å². The van der Waals surface area contributed by atoms with Crippen molar-refractivity contribution in [2.24, 2.45) is 0 Å². The second-order valence-electron chi connectivity index (χ2n) is 7.00. The van der Waals surface area contributed by atoms with Crippen LogP contribution in [0.1, 0.15) is 48.4 Å². The summed E-state index contributed by atoms with van der Waals surface area (Å²) in [4.78, 5) is 10.8.